The van der Waals surface area contributed by atoms with Gasteiger partial charge in [-0.15, -0.1) is 0 Å². The van der Waals surface area contributed by atoms with Gasteiger partial charge in [0, 0.05) is 4.90 Å². The summed E-state index contributed by atoms with van der Waals surface area (Å²) < 4.78 is 17.9. The van der Waals surface area contributed by atoms with Crippen LogP contribution in [0, 0.1) is 12.7 Å². The number of rotatable bonds is 7. The van der Waals surface area contributed by atoms with E-state index in [9.17, 15) is 9.18 Å². The van der Waals surface area contributed by atoms with Crippen molar-refractivity contribution in [3.8, 4) is 0 Å². The predicted molar refractivity (Wildman–Crippen MR) is 98.5 cm³/mol. The number of aryl methyl sites for hydroxylation is 1. The number of nitrogens with zero attached hydrogens (tertiary/aromatic N) is 1. The Morgan fingerprint density at radius 2 is 1.88 bits per heavy atom. The molecule has 2 rings (SSSR count). The molecule has 1 amide bonds. The molecule has 2 aromatic carbocycles. The lowest BCUT2D eigenvalue weighted by atomic mass is 10.2. The highest BCUT2D eigenvalue weighted by Crippen LogP contribution is 2.26. The molecule has 3 nitrogen and oxygen atoms in total. The van der Waals surface area contributed by atoms with Crippen molar-refractivity contribution in [2.45, 2.75) is 17.6 Å². The first-order chi connectivity index (χ1) is 11.5. The molecular formula is C18H16FNO2S2. The van der Waals surface area contributed by atoms with Crippen molar-refractivity contribution in [3.63, 3.8) is 0 Å². The minimum absolute atomic E-state index is 0.276. The van der Waals surface area contributed by atoms with E-state index in [2.05, 4.69) is 11.6 Å². The van der Waals surface area contributed by atoms with Crippen molar-refractivity contribution < 1.29 is 13.4 Å². The van der Waals surface area contributed by atoms with Crippen LogP contribution >= 0.6 is 23.8 Å². The molecule has 0 aliphatic heterocycles. The van der Waals surface area contributed by atoms with Crippen molar-refractivity contribution in [2.75, 3.05) is 0 Å². The highest BCUT2D eigenvalue weighted by atomic mass is 32.2. The second-order valence-electron chi connectivity index (χ2n) is 4.86. The van der Waals surface area contributed by atoms with E-state index < -0.39 is 5.91 Å². The van der Waals surface area contributed by atoms with Crippen LogP contribution in [-0.2, 0) is 14.7 Å². The second kappa shape index (κ2) is 9.30. The van der Waals surface area contributed by atoms with E-state index in [4.69, 9.17) is 4.18 Å². The molecule has 0 atom stereocenters. The molecule has 24 heavy (non-hydrogen) atoms. The fourth-order valence-electron chi connectivity index (χ4n) is 1.65. The summed E-state index contributed by atoms with van der Waals surface area (Å²) in [6.07, 6.45) is 1.09. The third-order valence-electron chi connectivity index (χ3n) is 2.92. The average Bonchev–Trinajstić information content (AvgIpc) is 2.58. The highest BCUT2D eigenvalue weighted by Gasteiger charge is 2.07. The van der Waals surface area contributed by atoms with Gasteiger partial charge >= 0.3 is 0 Å². The number of benzene rings is 2. The van der Waals surface area contributed by atoms with E-state index in [1.165, 1.54) is 23.9 Å². The van der Waals surface area contributed by atoms with Gasteiger partial charge in [-0.25, -0.2) is 4.39 Å². The molecule has 0 aliphatic carbocycles. The molecule has 0 saturated heterocycles. The van der Waals surface area contributed by atoms with E-state index >= 15 is 0 Å². The van der Waals surface area contributed by atoms with Crippen LogP contribution in [0.25, 0.3) is 0 Å². The normalized spacial score (nSPS) is 10.8. The van der Waals surface area contributed by atoms with E-state index in [1.807, 2.05) is 31.2 Å². The monoisotopic (exact) mass is 361 g/mol. The lowest BCUT2D eigenvalue weighted by Crippen LogP contribution is -1.95. The Balaban J connectivity index is 1.72. The predicted octanol–water partition coefficient (Wildman–Crippen LogP) is 5.16. The topological polar surface area (TPSA) is 38.7 Å². The second-order valence-corrected chi connectivity index (χ2v) is 6.75. The maximum Gasteiger partial charge on any atom is 0.285 e. The fraction of sp³-hybridized carbons (Fsp3) is 0.111. The van der Waals surface area contributed by atoms with Gasteiger partial charge < -0.3 is 4.18 Å². The largest absolute Gasteiger partial charge is 0.413 e. The van der Waals surface area contributed by atoms with Crippen LogP contribution in [-0.4, -0.2) is 12.3 Å². The molecule has 0 aliphatic rings. The first kappa shape index (κ1) is 18.3. The smallest absolute Gasteiger partial charge is 0.285 e. The van der Waals surface area contributed by atoms with Gasteiger partial charge in [0.05, 0.1) is 22.7 Å². The Morgan fingerprint density at radius 1 is 1.21 bits per heavy atom. The lowest BCUT2D eigenvalue weighted by molar-refractivity contribution is -0.113. The van der Waals surface area contributed by atoms with Crippen molar-refractivity contribution in [1.29, 1.82) is 0 Å². The first-order valence-electron chi connectivity index (χ1n) is 7.07. The summed E-state index contributed by atoms with van der Waals surface area (Å²) in [5.41, 5.74) is 2.07. The average molecular weight is 361 g/mol. The summed E-state index contributed by atoms with van der Waals surface area (Å²) in [5, 5.41) is 0. The Morgan fingerprint density at radius 3 is 2.54 bits per heavy atom. The highest BCUT2D eigenvalue weighted by molar-refractivity contribution is 8.04. The molecule has 0 unspecified atom stereocenters. The van der Waals surface area contributed by atoms with Gasteiger partial charge in [-0.05, 0) is 36.8 Å². The van der Waals surface area contributed by atoms with Crippen molar-refractivity contribution in [1.82, 2.24) is 0 Å². The number of carbonyl (C=O) groups excluding carboxylic acids is 1. The van der Waals surface area contributed by atoms with Gasteiger partial charge in [-0.3, -0.25) is 4.79 Å². The van der Waals surface area contributed by atoms with E-state index in [0.717, 1.165) is 34.5 Å². The minimum Gasteiger partial charge on any atom is -0.413 e. The van der Waals surface area contributed by atoms with Gasteiger partial charge in [0.25, 0.3) is 5.91 Å². The van der Waals surface area contributed by atoms with Gasteiger partial charge in [-0.1, -0.05) is 48.2 Å². The molecule has 0 spiro atoms. The standard InChI is InChI=1S/C18H16FNO2S2/c1-13-3-9-17(10-4-13)24-14(2)18(21)20-12-22-23-11-15-5-7-16(19)8-6-15/h3-10,12H,2,11H2,1H3. The van der Waals surface area contributed by atoms with Crippen LogP contribution in [0.5, 0.6) is 0 Å². The van der Waals surface area contributed by atoms with Crippen molar-refractivity contribution in [3.05, 3.63) is 77.0 Å². The molecule has 0 N–H and O–H groups in total. The number of hydrogen-bond acceptors (Lipinski definition) is 4. The van der Waals surface area contributed by atoms with Crippen LogP contribution in [0.3, 0.4) is 0 Å². The fourth-order valence-corrected chi connectivity index (χ4v) is 2.84. The summed E-state index contributed by atoms with van der Waals surface area (Å²) in [4.78, 5) is 16.8. The molecule has 0 heterocycles. The quantitative estimate of drug-likeness (QED) is 0.170. The SMILES string of the molecule is C=C(Sc1ccc(C)cc1)C(=O)N=COSCc1ccc(F)cc1. The van der Waals surface area contributed by atoms with Crippen LogP contribution in [0.4, 0.5) is 4.39 Å². The third-order valence-corrected chi connectivity index (χ3v) is 4.52. The lowest BCUT2D eigenvalue weighted by Gasteiger charge is -2.02. The molecule has 0 bridgehead atoms. The van der Waals surface area contributed by atoms with E-state index in [0.29, 0.717) is 10.7 Å². The van der Waals surface area contributed by atoms with Crippen LogP contribution in [0.2, 0.25) is 0 Å². The summed E-state index contributed by atoms with van der Waals surface area (Å²) in [5.74, 6) is -0.191. The minimum atomic E-state index is -0.442. The number of amides is 1. The van der Waals surface area contributed by atoms with E-state index in [-0.39, 0.29) is 5.82 Å². The zero-order valence-corrected chi connectivity index (χ0v) is 14.7. The van der Waals surface area contributed by atoms with Gasteiger partial charge in [0.1, 0.15) is 5.82 Å². The Hall–Kier alpha value is -2.05. The van der Waals surface area contributed by atoms with Gasteiger partial charge in [0.2, 0.25) is 0 Å². The maximum atomic E-state index is 12.8. The zero-order chi connectivity index (χ0) is 17.4. The first-order valence-corrected chi connectivity index (χ1v) is 8.80. The summed E-state index contributed by atoms with van der Waals surface area (Å²) in [6.45, 7) is 5.73. The molecule has 0 fully saturated rings. The molecule has 124 valence electrons. The molecular weight excluding hydrogens is 345 g/mol. The molecule has 2 aromatic rings. The molecule has 6 heteroatoms. The summed E-state index contributed by atoms with van der Waals surface area (Å²) in [7, 11) is 0. The van der Waals surface area contributed by atoms with Gasteiger partial charge in [-0.2, -0.15) is 4.99 Å². The maximum absolute atomic E-state index is 12.8. The van der Waals surface area contributed by atoms with Crippen molar-refractivity contribution in [2.24, 2.45) is 4.99 Å². The number of thioether (sulfide) groups is 1. The van der Waals surface area contributed by atoms with Crippen LogP contribution in [0.1, 0.15) is 11.1 Å². The number of carbonyl (C=O) groups is 1. The third kappa shape index (κ3) is 6.22. The molecule has 0 radical (unpaired) electrons. The Bertz CT molecular complexity index is 728. The molecule has 0 saturated carbocycles. The molecule has 0 aromatic heterocycles. The zero-order valence-electron chi connectivity index (χ0n) is 13.1. The Labute approximate surface area is 149 Å². The van der Waals surface area contributed by atoms with Crippen molar-refractivity contribution >= 4 is 36.1 Å². The number of halogens is 1. The number of aliphatic imine (C=N–C) groups is 1. The summed E-state index contributed by atoms with van der Waals surface area (Å²) in [6, 6.07) is 13.9. The Kier molecular flexibility index (Phi) is 7.08. The summed E-state index contributed by atoms with van der Waals surface area (Å²) >= 11 is 2.38. The van der Waals surface area contributed by atoms with Crippen LogP contribution < -0.4 is 0 Å². The van der Waals surface area contributed by atoms with Gasteiger partial charge in [0.15, 0.2) is 6.40 Å². The van der Waals surface area contributed by atoms with E-state index in [1.54, 1.807) is 12.1 Å². The number of hydrogen-bond donors (Lipinski definition) is 0. The van der Waals surface area contributed by atoms with Crippen LogP contribution in [0.15, 0.2) is 69.9 Å².